The fourth-order valence-corrected chi connectivity index (χ4v) is 3.47. The summed E-state index contributed by atoms with van der Waals surface area (Å²) >= 11 is 0. The van der Waals surface area contributed by atoms with E-state index in [0.29, 0.717) is 0 Å². The van der Waals surface area contributed by atoms with Crippen molar-refractivity contribution in [1.29, 1.82) is 0 Å². The third-order valence-corrected chi connectivity index (χ3v) is 4.73. The van der Waals surface area contributed by atoms with Crippen LogP contribution in [0.15, 0.2) is 41.6 Å². The summed E-state index contributed by atoms with van der Waals surface area (Å²) in [6, 6.07) is 7.22. The number of nitrogens with two attached hydrogens (primary N) is 1. The first-order chi connectivity index (χ1) is 8.90. The largest absolute Gasteiger partial charge is 0.396 e. The van der Waals surface area contributed by atoms with Crippen LogP contribution in [-0.4, -0.2) is 13.4 Å². The Morgan fingerprint density at radius 2 is 1.95 bits per heavy atom. The number of hydrogen-bond donors (Lipinski definition) is 1. The summed E-state index contributed by atoms with van der Waals surface area (Å²) in [6.45, 7) is 3.84. The minimum atomic E-state index is -3.45. The molecule has 0 atom stereocenters. The number of anilines is 1. The van der Waals surface area contributed by atoms with E-state index in [9.17, 15) is 8.42 Å². The molecule has 0 unspecified atom stereocenters. The van der Waals surface area contributed by atoms with Crippen LogP contribution >= 0.6 is 0 Å². The highest BCUT2D eigenvalue weighted by Gasteiger charge is 2.19. The van der Waals surface area contributed by atoms with Crippen LogP contribution in [0, 0.1) is 13.8 Å². The molecule has 5 heteroatoms. The quantitative estimate of drug-likeness (QED) is 0.933. The number of benzene rings is 1. The molecule has 2 rings (SSSR count). The van der Waals surface area contributed by atoms with Crippen molar-refractivity contribution in [3.05, 3.63) is 53.3 Å². The Morgan fingerprint density at radius 3 is 2.63 bits per heavy atom. The topological polar surface area (TPSA) is 73.0 Å². The third-order valence-electron chi connectivity index (χ3n) is 3.00. The van der Waals surface area contributed by atoms with Crippen molar-refractivity contribution in [2.45, 2.75) is 24.5 Å². The van der Waals surface area contributed by atoms with Gasteiger partial charge < -0.3 is 5.73 Å². The van der Waals surface area contributed by atoms with E-state index in [0.717, 1.165) is 16.7 Å². The van der Waals surface area contributed by atoms with Crippen LogP contribution in [0.4, 0.5) is 5.69 Å². The molecule has 0 aliphatic rings. The monoisotopic (exact) mass is 276 g/mol. The molecule has 0 spiro atoms. The molecule has 0 amide bonds. The normalized spacial score (nSPS) is 11.5. The Morgan fingerprint density at radius 1 is 1.21 bits per heavy atom. The highest BCUT2D eigenvalue weighted by Crippen LogP contribution is 2.23. The van der Waals surface area contributed by atoms with Crippen molar-refractivity contribution in [2.75, 3.05) is 5.73 Å². The predicted molar refractivity (Wildman–Crippen MR) is 75.5 cm³/mol. The Bertz CT molecular complexity index is 709. The van der Waals surface area contributed by atoms with Crippen molar-refractivity contribution in [1.82, 2.24) is 4.98 Å². The maximum absolute atomic E-state index is 12.4. The molecule has 0 bridgehead atoms. The minimum absolute atomic E-state index is 0.0469. The molecule has 1 aromatic heterocycles. The molecule has 0 fully saturated rings. The van der Waals surface area contributed by atoms with E-state index in [1.807, 2.05) is 32.0 Å². The third kappa shape index (κ3) is 2.93. The Hall–Kier alpha value is -1.88. The number of aryl methyl sites for hydroxylation is 2. The maximum atomic E-state index is 12.4. The second kappa shape index (κ2) is 5.01. The van der Waals surface area contributed by atoms with Gasteiger partial charge >= 0.3 is 0 Å². The molecule has 1 heterocycles. The molecule has 0 aliphatic heterocycles. The molecule has 2 aromatic rings. The van der Waals surface area contributed by atoms with E-state index in [1.54, 1.807) is 0 Å². The van der Waals surface area contributed by atoms with Crippen LogP contribution in [0.2, 0.25) is 0 Å². The zero-order valence-electron chi connectivity index (χ0n) is 10.9. The van der Waals surface area contributed by atoms with E-state index < -0.39 is 9.84 Å². The minimum Gasteiger partial charge on any atom is -0.396 e. The summed E-state index contributed by atoms with van der Waals surface area (Å²) in [5.74, 6) is -0.0469. The van der Waals surface area contributed by atoms with Crippen LogP contribution < -0.4 is 5.73 Å². The summed E-state index contributed by atoms with van der Waals surface area (Å²) in [5, 5.41) is 0. The van der Waals surface area contributed by atoms with Crippen LogP contribution in [0.1, 0.15) is 16.7 Å². The zero-order chi connectivity index (χ0) is 14.0. The van der Waals surface area contributed by atoms with Crippen molar-refractivity contribution in [3.63, 3.8) is 0 Å². The molecular weight excluding hydrogens is 260 g/mol. The molecule has 19 heavy (non-hydrogen) atoms. The number of nitrogen functional groups attached to an aromatic ring is 1. The first-order valence-corrected chi connectivity index (χ1v) is 7.54. The Labute approximate surface area is 113 Å². The van der Waals surface area contributed by atoms with Gasteiger partial charge in [-0.2, -0.15) is 0 Å². The van der Waals surface area contributed by atoms with E-state index in [4.69, 9.17) is 5.73 Å². The SMILES string of the molecule is Cc1ccc(C)c(CS(=O)(=O)c2ccncc2N)c1. The molecule has 0 aliphatic carbocycles. The average Bonchev–Trinajstić information content (AvgIpc) is 2.34. The van der Waals surface area contributed by atoms with Gasteiger partial charge in [-0.3, -0.25) is 4.98 Å². The highest BCUT2D eigenvalue weighted by molar-refractivity contribution is 7.90. The van der Waals surface area contributed by atoms with E-state index >= 15 is 0 Å². The number of sulfone groups is 1. The molecular formula is C14H16N2O2S. The van der Waals surface area contributed by atoms with E-state index in [1.165, 1.54) is 18.5 Å². The number of hydrogen-bond acceptors (Lipinski definition) is 4. The first-order valence-electron chi connectivity index (χ1n) is 5.88. The average molecular weight is 276 g/mol. The van der Waals surface area contributed by atoms with Crippen LogP contribution in [-0.2, 0) is 15.6 Å². The number of aromatic nitrogens is 1. The predicted octanol–water partition coefficient (Wildman–Crippen LogP) is 2.25. The zero-order valence-corrected chi connectivity index (χ0v) is 11.7. The van der Waals surface area contributed by atoms with Crippen molar-refractivity contribution >= 4 is 15.5 Å². The Balaban J connectivity index is 2.43. The number of rotatable bonds is 3. The second-order valence-electron chi connectivity index (χ2n) is 4.60. The maximum Gasteiger partial charge on any atom is 0.184 e. The molecule has 0 radical (unpaired) electrons. The van der Waals surface area contributed by atoms with Crippen molar-refractivity contribution in [3.8, 4) is 0 Å². The van der Waals surface area contributed by atoms with Crippen molar-refractivity contribution in [2.24, 2.45) is 0 Å². The second-order valence-corrected chi connectivity index (χ2v) is 6.56. The first kappa shape index (κ1) is 13.5. The van der Waals surface area contributed by atoms with Crippen molar-refractivity contribution < 1.29 is 8.42 Å². The summed E-state index contributed by atoms with van der Waals surface area (Å²) in [6.07, 6.45) is 2.79. The lowest BCUT2D eigenvalue weighted by atomic mass is 10.1. The lowest BCUT2D eigenvalue weighted by Gasteiger charge is -2.10. The summed E-state index contributed by atoms with van der Waals surface area (Å²) in [4.78, 5) is 3.95. The molecule has 0 saturated carbocycles. The smallest absolute Gasteiger partial charge is 0.184 e. The van der Waals surface area contributed by atoms with Gasteiger partial charge in [0.25, 0.3) is 0 Å². The van der Waals surface area contributed by atoms with Gasteiger partial charge in [0.2, 0.25) is 0 Å². The van der Waals surface area contributed by atoms with Gasteiger partial charge in [-0.1, -0.05) is 23.8 Å². The van der Waals surface area contributed by atoms with Crippen LogP contribution in [0.25, 0.3) is 0 Å². The molecule has 100 valence electrons. The summed E-state index contributed by atoms with van der Waals surface area (Å²) < 4.78 is 24.8. The van der Waals surface area contributed by atoms with Crippen LogP contribution in [0.3, 0.4) is 0 Å². The van der Waals surface area contributed by atoms with Gasteiger partial charge in [0.05, 0.1) is 22.5 Å². The van der Waals surface area contributed by atoms with Gasteiger partial charge in [-0.25, -0.2) is 8.42 Å². The highest BCUT2D eigenvalue weighted by atomic mass is 32.2. The van der Waals surface area contributed by atoms with Gasteiger partial charge in [-0.05, 0) is 31.0 Å². The van der Waals surface area contributed by atoms with Gasteiger partial charge in [0.15, 0.2) is 9.84 Å². The summed E-state index contributed by atoms with van der Waals surface area (Å²) in [7, 11) is -3.45. The van der Waals surface area contributed by atoms with Gasteiger partial charge in [0, 0.05) is 6.20 Å². The Kier molecular flexibility index (Phi) is 3.57. The fraction of sp³-hybridized carbons (Fsp3) is 0.214. The number of pyridine rings is 1. The van der Waals surface area contributed by atoms with Gasteiger partial charge in [0.1, 0.15) is 0 Å². The van der Waals surface area contributed by atoms with Gasteiger partial charge in [-0.15, -0.1) is 0 Å². The molecule has 1 aromatic carbocycles. The molecule has 4 nitrogen and oxygen atoms in total. The molecule has 2 N–H and O–H groups in total. The lowest BCUT2D eigenvalue weighted by Crippen LogP contribution is -2.09. The molecule has 0 saturated heterocycles. The standard InChI is InChI=1S/C14H16N2O2S/c1-10-3-4-11(2)12(7-10)9-19(17,18)14-5-6-16-8-13(14)15/h3-8H,9,15H2,1-2H3. The summed E-state index contributed by atoms with van der Waals surface area (Å²) in [5.41, 5.74) is 8.68. The lowest BCUT2D eigenvalue weighted by molar-refractivity contribution is 0.595. The number of nitrogens with zero attached hydrogens (tertiary/aromatic N) is 1. The fourth-order valence-electron chi connectivity index (χ4n) is 1.92. The van der Waals surface area contributed by atoms with Crippen LogP contribution in [0.5, 0.6) is 0 Å². The van der Waals surface area contributed by atoms with E-state index in [2.05, 4.69) is 4.98 Å². The van der Waals surface area contributed by atoms with E-state index in [-0.39, 0.29) is 16.3 Å².